The van der Waals surface area contributed by atoms with Crippen LogP contribution in [0.4, 0.5) is 0 Å². The number of thiophene rings is 1. The molecule has 0 aliphatic heterocycles. The highest BCUT2D eigenvalue weighted by Crippen LogP contribution is 2.35. The lowest BCUT2D eigenvalue weighted by Crippen LogP contribution is -2.24. The van der Waals surface area contributed by atoms with Crippen LogP contribution in [0.25, 0.3) is 0 Å². The Balaban J connectivity index is 2.46. The lowest BCUT2D eigenvalue weighted by atomic mass is 10.1. The summed E-state index contributed by atoms with van der Waals surface area (Å²) in [6, 6.07) is 4.32. The van der Waals surface area contributed by atoms with Crippen LogP contribution < -0.4 is 10.1 Å². The summed E-state index contributed by atoms with van der Waals surface area (Å²) < 4.78 is 8.57. The molecule has 0 aliphatic carbocycles. The molecule has 2 heterocycles. The van der Waals surface area contributed by atoms with E-state index in [0.717, 1.165) is 28.3 Å². The number of aryl methyl sites for hydroxylation is 1. The van der Waals surface area contributed by atoms with E-state index in [-0.39, 0.29) is 6.04 Å². The molecule has 2 aromatic heterocycles. The van der Waals surface area contributed by atoms with E-state index < -0.39 is 0 Å². The van der Waals surface area contributed by atoms with Gasteiger partial charge in [-0.05, 0) is 41.5 Å². The Bertz CT molecular complexity index is 516. The molecule has 19 heavy (non-hydrogen) atoms. The van der Waals surface area contributed by atoms with Crippen LogP contribution in [0, 0.1) is 0 Å². The molecule has 0 aliphatic rings. The predicted molar refractivity (Wildman–Crippen MR) is 82.0 cm³/mol. The van der Waals surface area contributed by atoms with Crippen molar-refractivity contribution in [2.75, 3.05) is 13.7 Å². The monoisotopic (exact) mass is 343 g/mol. The van der Waals surface area contributed by atoms with Gasteiger partial charge in [0, 0.05) is 11.4 Å². The molecule has 104 valence electrons. The number of hydrogen-bond donors (Lipinski definition) is 1. The molecule has 1 unspecified atom stereocenters. The third-order valence-electron chi connectivity index (χ3n) is 2.92. The Morgan fingerprint density at radius 3 is 2.79 bits per heavy atom. The minimum Gasteiger partial charge on any atom is -0.493 e. The van der Waals surface area contributed by atoms with Crippen molar-refractivity contribution in [2.24, 2.45) is 0 Å². The van der Waals surface area contributed by atoms with Gasteiger partial charge < -0.3 is 10.1 Å². The van der Waals surface area contributed by atoms with E-state index in [1.54, 1.807) is 24.6 Å². The maximum absolute atomic E-state index is 5.45. The molecule has 0 fully saturated rings. The van der Waals surface area contributed by atoms with Gasteiger partial charge in [-0.2, -0.15) is 5.10 Å². The third kappa shape index (κ3) is 3.01. The molecule has 2 aromatic rings. The number of aromatic nitrogens is 2. The number of halogens is 1. The van der Waals surface area contributed by atoms with Crippen molar-refractivity contribution in [3.8, 4) is 5.75 Å². The van der Waals surface area contributed by atoms with Crippen molar-refractivity contribution in [1.82, 2.24) is 15.1 Å². The van der Waals surface area contributed by atoms with Crippen LogP contribution in [0.5, 0.6) is 5.75 Å². The van der Waals surface area contributed by atoms with Gasteiger partial charge in [-0.1, -0.05) is 6.92 Å². The summed E-state index contributed by atoms with van der Waals surface area (Å²) in [5, 5.41) is 7.90. The molecule has 1 atom stereocenters. The van der Waals surface area contributed by atoms with Crippen molar-refractivity contribution < 1.29 is 4.74 Å². The number of rotatable bonds is 6. The second-order valence-corrected chi connectivity index (χ2v) is 6.54. The third-order valence-corrected chi connectivity index (χ3v) is 4.61. The average Bonchev–Trinajstić information content (AvgIpc) is 3.01. The molecule has 0 amide bonds. The summed E-state index contributed by atoms with van der Waals surface area (Å²) >= 11 is 5.25. The Morgan fingerprint density at radius 1 is 1.47 bits per heavy atom. The van der Waals surface area contributed by atoms with Crippen molar-refractivity contribution in [3.63, 3.8) is 0 Å². The van der Waals surface area contributed by atoms with Crippen LogP contribution in [0.3, 0.4) is 0 Å². The summed E-state index contributed by atoms with van der Waals surface area (Å²) in [5.41, 5.74) is 1.08. The van der Waals surface area contributed by atoms with E-state index in [9.17, 15) is 0 Å². The van der Waals surface area contributed by atoms with Gasteiger partial charge in [0.25, 0.3) is 0 Å². The Morgan fingerprint density at radius 2 is 2.26 bits per heavy atom. The molecule has 1 N–H and O–H groups in total. The van der Waals surface area contributed by atoms with Crippen LogP contribution in [0.1, 0.15) is 30.5 Å². The second-order valence-electron chi connectivity index (χ2n) is 4.05. The average molecular weight is 344 g/mol. The highest BCUT2D eigenvalue weighted by atomic mass is 79.9. The molecule has 4 nitrogen and oxygen atoms in total. The minimum absolute atomic E-state index is 0.110. The van der Waals surface area contributed by atoms with Crippen molar-refractivity contribution in [2.45, 2.75) is 26.4 Å². The van der Waals surface area contributed by atoms with E-state index in [0.29, 0.717) is 0 Å². The van der Waals surface area contributed by atoms with Crippen molar-refractivity contribution in [1.29, 1.82) is 0 Å². The van der Waals surface area contributed by atoms with Crippen LogP contribution >= 0.6 is 27.3 Å². The lowest BCUT2D eigenvalue weighted by Gasteiger charge is -2.19. The number of methoxy groups -OCH3 is 1. The van der Waals surface area contributed by atoms with Gasteiger partial charge in [-0.3, -0.25) is 4.68 Å². The van der Waals surface area contributed by atoms with Crippen molar-refractivity contribution >= 4 is 27.3 Å². The molecule has 2 rings (SSSR count). The van der Waals surface area contributed by atoms with E-state index >= 15 is 0 Å². The summed E-state index contributed by atoms with van der Waals surface area (Å²) in [4.78, 5) is 1.25. The Labute approximate surface area is 125 Å². The van der Waals surface area contributed by atoms with E-state index in [4.69, 9.17) is 4.74 Å². The fraction of sp³-hybridized carbons (Fsp3) is 0.462. The van der Waals surface area contributed by atoms with Gasteiger partial charge in [0.15, 0.2) is 5.75 Å². The Kier molecular flexibility index (Phi) is 5.01. The molecule has 0 radical (unpaired) electrons. The molecule has 0 aromatic carbocycles. The number of nitrogens with one attached hydrogen (secondary N) is 1. The second kappa shape index (κ2) is 6.54. The number of nitrogens with zero attached hydrogens (tertiary/aromatic N) is 2. The van der Waals surface area contributed by atoms with Crippen molar-refractivity contribution in [3.05, 3.63) is 32.7 Å². The topological polar surface area (TPSA) is 39.1 Å². The highest BCUT2D eigenvalue weighted by molar-refractivity contribution is 9.11. The Hall–Kier alpha value is -0.850. The first-order valence-corrected chi connectivity index (χ1v) is 7.90. The SMILES string of the molecule is CCNC(c1ccc(Br)s1)c1c(OC)cnn1CC. The zero-order valence-corrected chi connectivity index (χ0v) is 13.7. The zero-order chi connectivity index (χ0) is 13.8. The normalized spacial score (nSPS) is 12.6. The van der Waals surface area contributed by atoms with Crippen LogP contribution in [-0.4, -0.2) is 23.4 Å². The summed E-state index contributed by atoms with van der Waals surface area (Å²) in [5.74, 6) is 0.831. The zero-order valence-electron chi connectivity index (χ0n) is 11.3. The fourth-order valence-electron chi connectivity index (χ4n) is 2.10. The summed E-state index contributed by atoms with van der Waals surface area (Å²) in [7, 11) is 1.69. The van der Waals surface area contributed by atoms with Crippen LogP contribution in [0.15, 0.2) is 22.1 Å². The molecule has 0 saturated heterocycles. The van der Waals surface area contributed by atoms with E-state index in [1.165, 1.54) is 4.88 Å². The smallest absolute Gasteiger partial charge is 0.161 e. The quantitative estimate of drug-likeness (QED) is 0.873. The maximum Gasteiger partial charge on any atom is 0.161 e. The predicted octanol–water partition coefficient (Wildman–Crippen LogP) is 3.43. The van der Waals surface area contributed by atoms with Gasteiger partial charge >= 0.3 is 0 Å². The van der Waals surface area contributed by atoms with Gasteiger partial charge in [-0.25, -0.2) is 0 Å². The molecule has 0 spiro atoms. The van der Waals surface area contributed by atoms with Crippen LogP contribution in [0.2, 0.25) is 0 Å². The highest BCUT2D eigenvalue weighted by Gasteiger charge is 2.23. The number of hydrogen-bond acceptors (Lipinski definition) is 4. The van der Waals surface area contributed by atoms with Gasteiger partial charge in [0.05, 0.1) is 23.1 Å². The molecular formula is C13H18BrN3OS. The molecule has 0 bridgehead atoms. The first-order valence-electron chi connectivity index (χ1n) is 6.29. The van der Waals surface area contributed by atoms with Crippen LogP contribution in [-0.2, 0) is 6.54 Å². The number of ether oxygens (including phenoxy) is 1. The maximum atomic E-state index is 5.45. The van der Waals surface area contributed by atoms with Gasteiger partial charge in [0.1, 0.15) is 5.69 Å². The molecular weight excluding hydrogens is 326 g/mol. The van der Waals surface area contributed by atoms with E-state index in [1.807, 2.05) is 4.68 Å². The minimum atomic E-state index is 0.110. The first kappa shape index (κ1) is 14.6. The van der Waals surface area contributed by atoms with Gasteiger partial charge in [0.2, 0.25) is 0 Å². The summed E-state index contributed by atoms with van der Waals surface area (Å²) in [6.45, 7) is 5.91. The molecule has 6 heteroatoms. The fourth-order valence-corrected chi connectivity index (χ4v) is 3.60. The largest absolute Gasteiger partial charge is 0.493 e. The molecule has 0 saturated carbocycles. The summed E-state index contributed by atoms with van der Waals surface area (Å²) in [6.07, 6.45) is 1.78. The lowest BCUT2D eigenvalue weighted by molar-refractivity contribution is 0.400. The van der Waals surface area contributed by atoms with E-state index in [2.05, 4.69) is 52.3 Å². The standard InChI is InChI=1S/C13H18BrN3OS/c1-4-15-12(10-6-7-11(14)19-10)13-9(18-3)8-16-17(13)5-2/h6-8,12,15H,4-5H2,1-3H3. The first-order chi connectivity index (χ1) is 9.21. The van der Waals surface area contributed by atoms with Gasteiger partial charge in [-0.15, -0.1) is 11.3 Å².